The monoisotopic (exact) mass is 753 g/mol. The molecule has 16 heteroatoms. The minimum atomic E-state index is -3.74. The third-order valence-corrected chi connectivity index (χ3v) is 10.9. The van der Waals surface area contributed by atoms with Crippen molar-refractivity contribution in [2.24, 2.45) is 10.9 Å². The van der Waals surface area contributed by atoms with Gasteiger partial charge in [-0.3, -0.25) is 19.9 Å². The lowest BCUT2D eigenvalue weighted by atomic mass is 9.88. The molecule has 0 unspecified atom stereocenters. The second-order valence-electron chi connectivity index (χ2n) is 12.1. The number of anilines is 2. The van der Waals surface area contributed by atoms with Crippen LogP contribution in [-0.4, -0.2) is 96.3 Å². The van der Waals surface area contributed by atoms with E-state index in [0.29, 0.717) is 92.6 Å². The van der Waals surface area contributed by atoms with E-state index in [1.165, 1.54) is 10.4 Å². The molecule has 0 radical (unpaired) electrons. The first-order chi connectivity index (χ1) is 21.4. The van der Waals surface area contributed by atoms with Gasteiger partial charge in [0.05, 0.1) is 28.8 Å². The number of hydrogen-bond donors (Lipinski definition) is 4. The quantitative estimate of drug-likeness (QED) is 0.228. The van der Waals surface area contributed by atoms with Crippen molar-refractivity contribution in [2.75, 3.05) is 50.8 Å². The van der Waals surface area contributed by atoms with E-state index in [0.717, 1.165) is 0 Å². The molecule has 4 heterocycles. The van der Waals surface area contributed by atoms with E-state index in [9.17, 15) is 18.0 Å². The van der Waals surface area contributed by atoms with E-state index in [1.807, 2.05) is 0 Å². The molecule has 1 aromatic heterocycles. The molecule has 2 aromatic rings. The molecule has 0 atom stereocenters. The molecule has 0 aliphatic carbocycles. The molecule has 244 valence electrons. The van der Waals surface area contributed by atoms with Crippen molar-refractivity contribution in [3.63, 3.8) is 0 Å². The number of rotatable bonds is 8. The number of halogens is 1. The molecule has 6 N–H and O–H groups in total. The highest BCUT2D eigenvalue weighted by atomic mass is 127. The number of aromatic nitrogens is 2. The van der Waals surface area contributed by atoms with Crippen LogP contribution in [0.1, 0.15) is 66.1 Å². The summed E-state index contributed by atoms with van der Waals surface area (Å²) in [6.07, 6.45) is 2.54. The zero-order valence-electron chi connectivity index (χ0n) is 25.5. The van der Waals surface area contributed by atoms with Crippen molar-refractivity contribution < 1.29 is 22.7 Å². The predicted molar refractivity (Wildman–Crippen MR) is 178 cm³/mol. The number of alkyl halides is 1. The van der Waals surface area contributed by atoms with E-state index < -0.39 is 21.5 Å². The minimum Gasteiger partial charge on any atom is -0.382 e. The largest absolute Gasteiger partial charge is 0.382 e. The highest BCUT2D eigenvalue weighted by Gasteiger charge is 2.40. The van der Waals surface area contributed by atoms with Crippen LogP contribution in [0.15, 0.2) is 34.2 Å². The Kier molecular flexibility index (Phi) is 10.1. The van der Waals surface area contributed by atoms with Crippen LogP contribution in [-0.2, 0) is 19.2 Å². The summed E-state index contributed by atoms with van der Waals surface area (Å²) in [5.74, 6) is 0.0938. The lowest BCUT2D eigenvalue weighted by Crippen LogP contribution is -2.57. The minimum absolute atomic E-state index is 0.0221. The second kappa shape index (κ2) is 13.7. The Bertz CT molecular complexity index is 1570. The van der Waals surface area contributed by atoms with Crippen LogP contribution >= 0.6 is 22.6 Å². The number of nitrogens with two attached hydrogens (primary N) is 2. The lowest BCUT2D eigenvalue weighted by Gasteiger charge is -2.39. The first kappa shape index (κ1) is 33.3. The number of carbonyl (C=O) groups is 2. The summed E-state index contributed by atoms with van der Waals surface area (Å²) < 4.78 is 34.7. The van der Waals surface area contributed by atoms with Gasteiger partial charge in [0, 0.05) is 42.8 Å². The number of aliphatic imine (C=N–C) groups is 1. The fraction of sp³-hybridized carbons (Fsp3) is 0.552. The second-order valence-corrected chi connectivity index (χ2v) is 14.8. The number of guanidine groups is 1. The average Bonchev–Trinajstić information content (AvgIpc) is 3.41. The van der Waals surface area contributed by atoms with Gasteiger partial charge in [-0.25, -0.2) is 18.4 Å². The highest BCUT2D eigenvalue weighted by Crippen LogP contribution is 2.28. The molecule has 1 aromatic carbocycles. The van der Waals surface area contributed by atoms with E-state index in [-0.39, 0.29) is 34.2 Å². The van der Waals surface area contributed by atoms with Crippen LogP contribution < -0.4 is 22.1 Å². The summed E-state index contributed by atoms with van der Waals surface area (Å²) in [7, 11) is -3.74. The van der Waals surface area contributed by atoms with Gasteiger partial charge in [0.25, 0.3) is 11.8 Å². The Morgan fingerprint density at radius 1 is 1.13 bits per heavy atom. The van der Waals surface area contributed by atoms with Gasteiger partial charge in [-0.2, -0.15) is 4.31 Å². The molecule has 2 saturated heterocycles. The Morgan fingerprint density at radius 2 is 1.84 bits per heavy atom. The van der Waals surface area contributed by atoms with E-state index in [1.54, 1.807) is 23.1 Å². The van der Waals surface area contributed by atoms with Crippen molar-refractivity contribution in [2.45, 2.75) is 60.5 Å². The number of sulfonamides is 1. The van der Waals surface area contributed by atoms with Crippen LogP contribution in [0, 0.1) is 5.92 Å². The fourth-order valence-electron chi connectivity index (χ4n) is 5.67. The summed E-state index contributed by atoms with van der Waals surface area (Å²) in [4.78, 5) is 40.9. The third-order valence-electron chi connectivity index (χ3n) is 8.32. The van der Waals surface area contributed by atoms with Gasteiger partial charge in [0.2, 0.25) is 10.0 Å². The smallest absolute Gasteiger partial charge is 0.280 e. The topological polar surface area (TPSA) is 198 Å². The van der Waals surface area contributed by atoms with Crippen LogP contribution in [0.3, 0.4) is 0 Å². The number of amides is 2. The summed E-state index contributed by atoms with van der Waals surface area (Å²) in [5, 5.41) is 6.04. The predicted octanol–water partition coefficient (Wildman–Crippen LogP) is 1.77. The first-order valence-corrected chi connectivity index (χ1v) is 18.0. The van der Waals surface area contributed by atoms with Crippen molar-refractivity contribution in [1.82, 2.24) is 29.8 Å². The lowest BCUT2D eigenvalue weighted by molar-refractivity contribution is 0.00748. The number of nitrogen functional groups attached to an aromatic ring is 2. The SMILES string of the molecule is CC(C)COC1CCN(S(=O)(=O)c2cccc(C(=O)N3CCC4(CC3)CN=C(NC(=O)c3nc(CI)c(N)nc3N)N4)c2)CC1. The van der Waals surface area contributed by atoms with Crippen LogP contribution in [0.4, 0.5) is 11.6 Å². The zero-order valence-corrected chi connectivity index (χ0v) is 28.4. The van der Waals surface area contributed by atoms with Gasteiger partial charge in [-0.05, 0) is 49.8 Å². The molecule has 2 amide bonds. The van der Waals surface area contributed by atoms with Crippen molar-refractivity contribution in [1.29, 1.82) is 0 Å². The van der Waals surface area contributed by atoms with E-state index >= 15 is 0 Å². The van der Waals surface area contributed by atoms with Crippen molar-refractivity contribution in [3.05, 3.63) is 41.2 Å². The summed E-state index contributed by atoms with van der Waals surface area (Å²) in [5.41, 5.74) is 12.1. The maximum absolute atomic E-state index is 13.5. The Hall–Kier alpha value is -3.09. The van der Waals surface area contributed by atoms with Gasteiger partial charge in [0.1, 0.15) is 5.82 Å². The third kappa shape index (κ3) is 7.49. The molecule has 3 aliphatic heterocycles. The number of nitrogens with one attached hydrogen (secondary N) is 2. The number of piperidine rings is 2. The van der Waals surface area contributed by atoms with Gasteiger partial charge in [-0.1, -0.05) is 42.5 Å². The molecule has 0 saturated carbocycles. The van der Waals surface area contributed by atoms with Gasteiger partial charge in [-0.15, -0.1) is 0 Å². The van der Waals surface area contributed by atoms with Crippen molar-refractivity contribution in [3.8, 4) is 0 Å². The molecule has 45 heavy (non-hydrogen) atoms. The number of benzene rings is 1. The van der Waals surface area contributed by atoms with Gasteiger partial charge < -0.3 is 26.4 Å². The highest BCUT2D eigenvalue weighted by molar-refractivity contribution is 14.1. The zero-order chi connectivity index (χ0) is 32.4. The van der Waals surface area contributed by atoms with Gasteiger partial charge >= 0.3 is 0 Å². The molecule has 3 aliphatic rings. The van der Waals surface area contributed by atoms with E-state index in [4.69, 9.17) is 16.2 Å². The maximum Gasteiger partial charge on any atom is 0.280 e. The Balaban J connectivity index is 1.15. The van der Waals surface area contributed by atoms with Gasteiger partial charge in [0.15, 0.2) is 17.5 Å². The Labute approximate surface area is 276 Å². The molecular formula is C29H40IN9O5S. The average molecular weight is 754 g/mol. The molecule has 2 fully saturated rings. The first-order valence-electron chi connectivity index (χ1n) is 15.0. The standard InChI is InChI=1S/C29H40IN9O5S/c1-18(2)16-44-20-6-10-39(11-7-20)45(42,43)21-5-3-4-19(14-21)27(41)38-12-8-29(9-13-38)17-33-28(37-29)36-26(40)23-25(32)35-24(31)22(15-30)34-23/h3-5,14,18,20H,6-13,15-17H2,1-2H3,(H4,31,32,35)(H2,33,36,37,40). The maximum atomic E-state index is 13.5. The number of carbonyl (C=O) groups excluding carboxylic acids is 2. The fourth-order valence-corrected chi connectivity index (χ4v) is 7.75. The molecule has 0 bridgehead atoms. The van der Waals surface area contributed by atoms with Crippen molar-refractivity contribution >= 4 is 62.0 Å². The molecule has 14 nitrogen and oxygen atoms in total. The van der Waals surface area contributed by atoms with Crippen LogP contribution in [0.25, 0.3) is 0 Å². The summed E-state index contributed by atoms with van der Waals surface area (Å²) in [6, 6.07) is 6.29. The van der Waals surface area contributed by atoms with Crippen LogP contribution in [0.5, 0.6) is 0 Å². The number of nitrogens with zero attached hydrogens (tertiary/aromatic N) is 5. The molecule has 5 rings (SSSR count). The number of ether oxygens (including phenoxy) is 1. The normalized spacial score (nSPS) is 19.0. The summed E-state index contributed by atoms with van der Waals surface area (Å²) in [6.45, 7) is 6.93. The number of hydrogen-bond acceptors (Lipinski definition) is 11. The van der Waals surface area contributed by atoms with Crippen LogP contribution in [0.2, 0.25) is 0 Å². The summed E-state index contributed by atoms with van der Waals surface area (Å²) >= 11 is 2.08. The Morgan fingerprint density at radius 3 is 2.51 bits per heavy atom. The molecule has 1 spiro atoms. The van der Waals surface area contributed by atoms with E-state index in [2.05, 4.69) is 62.0 Å². The number of likely N-dealkylation sites (tertiary alicyclic amines) is 1. The molecular weight excluding hydrogens is 713 g/mol.